The molecule has 16 heavy (non-hydrogen) atoms. The number of hydrogen-bond donors (Lipinski definition) is 1. The van der Waals surface area contributed by atoms with Crippen LogP contribution < -0.4 is 5.73 Å². The lowest BCUT2D eigenvalue weighted by atomic mass is 10.1. The smallest absolute Gasteiger partial charge is 0.310 e. The van der Waals surface area contributed by atoms with Crippen molar-refractivity contribution in [2.24, 2.45) is 0 Å². The molecule has 1 aromatic carbocycles. The Morgan fingerprint density at radius 2 is 2.25 bits per heavy atom. The molecule has 3 nitrogen and oxygen atoms in total. The van der Waals surface area contributed by atoms with E-state index >= 15 is 0 Å². The van der Waals surface area contributed by atoms with Crippen LogP contribution in [0.25, 0.3) is 10.1 Å². The van der Waals surface area contributed by atoms with Gasteiger partial charge < -0.3 is 10.5 Å². The van der Waals surface area contributed by atoms with E-state index in [1.54, 1.807) is 18.3 Å². The first-order chi connectivity index (χ1) is 7.69. The average Bonchev–Trinajstić information content (AvgIpc) is 2.57. The summed E-state index contributed by atoms with van der Waals surface area (Å²) in [6.07, 6.45) is 0.319. The molecule has 2 rings (SSSR count). The van der Waals surface area contributed by atoms with Gasteiger partial charge in [0.2, 0.25) is 0 Å². The van der Waals surface area contributed by atoms with Crippen molar-refractivity contribution in [1.82, 2.24) is 0 Å². The standard InChI is InChI=1S/C12H13NO2S/c1-2-15-12(14)6-8-3-4-10-9(5-8)7-11(13)16-10/h3-5,7H,2,6,13H2,1H3. The molecular formula is C12H13NO2S. The van der Waals surface area contributed by atoms with Gasteiger partial charge in [-0.05, 0) is 36.1 Å². The normalized spacial score (nSPS) is 10.6. The predicted molar refractivity (Wildman–Crippen MR) is 66.6 cm³/mol. The zero-order valence-electron chi connectivity index (χ0n) is 9.03. The van der Waals surface area contributed by atoms with E-state index in [1.165, 1.54) is 0 Å². The maximum absolute atomic E-state index is 11.3. The minimum Gasteiger partial charge on any atom is -0.466 e. The Hall–Kier alpha value is -1.55. The van der Waals surface area contributed by atoms with Crippen molar-refractivity contribution in [3.05, 3.63) is 29.8 Å². The van der Waals surface area contributed by atoms with Gasteiger partial charge in [-0.2, -0.15) is 0 Å². The van der Waals surface area contributed by atoms with E-state index in [0.29, 0.717) is 13.0 Å². The summed E-state index contributed by atoms with van der Waals surface area (Å²) < 4.78 is 6.05. The van der Waals surface area contributed by atoms with Crippen molar-refractivity contribution >= 4 is 32.4 Å². The lowest BCUT2D eigenvalue weighted by Crippen LogP contribution is -2.07. The van der Waals surface area contributed by atoms with Crippen LogP contribution in [0.4, 0.5) is 5.00 Å². The molecular weight excluding hydrogens is 222 g/mol. The minimum absolute atomic E-state index is 0.190. The van der Waals surface area contributed by atoms with Crippen LogP contribution in [0.5, 0.6) is 0 Å². The van der Waals surface area contributed by atoms with Crippen LogP contribution in [-0.4, -0.2) is 12.6 Å². The number of nitrogen functional groups attached to an aromatic ring is 1. The van der Waals surface area contributed by atoms with Gasteiger partial charge >= 0.3 is 5.97 Å². The molecule has 0 aliphatic rings. The largest absolute Gasteiger partial charge is 0.466 e. The van der Waals surface area contributed by atoms with Crippen molar-refractivity contribution in [2.45, 2.75) is 13.3 Å². The Kier molecular flexibility index (Phi) is 3.10. The fourth-order valence-corrected chi connectivity index (χ4v) is 2.41. The molecule has 0 aliphatic heterocycles. The van der Waals surface area contributed by atoms with Gasteiger partial charge in [0, 0.05) is 4.70 Å². The van der Waals surface area contributed by atoms with Crippen molar-refractivity contribution in [1.29, 1.82) is 0 Å². The molecule has 84 valence electrons. The minimum atomic E-state index is -0.190. The number of anilines is 1. The Labute approximate surface area is 97.8 Å². The summed E-state index contributed by atoms with van der Waals surface area (Å²) in [4.78, 5) is 11.3. The molecule has 2 aromatic rings. The molecule has 0 amide bonds. The van der Waals surface area contributed by atoms with Crippen molar-refractivity contribution in [2.75, 3.05) is 12.3 Å². The molecule has 0 atom stereocenters. The van der Waals surface area contributed by atoms with Gasteiger partial charge in [-0.1, -0.05) is 6.07 Å². The second-order valence-electron chi connectivity index (χ2n) is 3.50. The molecule has 0 saturated heterocycles. The third-order valence-corrected chi connectivity index (χ3v) is 3.20. The molecule has 2 N–H and O–H groups in total. The maximum atomic E-state index is 11.3. The molecule has 0 spiro atoms. The average molecular weight is 235 g/mol. The SMILES string of the molecule is CCOC(=O)Cc1ccc2sc(N)cc2c1. The zero-order valence-corrected chi connectivity index (χ0v) is 9.84. The molecule has 0 saturated carbocycles. The highest BCUT2D eigenvalue weighted by Gasteiger charge is 2.05. The number of ether oxygens (including phenoxy) is 1. The topological polar surface area (TPSA) is 52.3 Å². The van der Waals surface area contributed by atoms with Crippen LogP contribution in [0.2, 0.25) is 0 Å². The number of fused-ring (bicyclic) bond motifs is 1. The zero-order chi connectivity index (χ0) is 11.5. The molecule has 0 radical (unpaired) electrons. The predicted octanol–water partition coefficient (Wildman–Crippen LogP) is 2.59. The monoisotopic (exact) mass is 235 g/mol. The lowest BCUT2D eigenvalue weighted by molar-refractivity contribution is -0.142. The van der Waals surface area contributed by atoms with Crippen molar-refractivity contribution < 1.29 is 9.53 Å². The number of nitrogens with two attached hydrogens (primary N) is 1. The number of benzene rings is 1. The Bertz CT molecular complexity index is 519. The van der Waals surface area contributed by atoms with E-state index in [4.69, 9.17) is 10.5 Å². The van der Waals surface area contributed by atoms with Crippen LogP contribution in [0.3, 0.4) is 0 Å². The summed E-state index contributed by atoms with van der Waals surface area (Å²) >= 11 is 1.55. The Morgan fingerprint density at radius 1 is 1.44 bits per heavy atom. The van der Waals surface area contributed by atoms with Gasteiger partial charge in [0.1, 0.15) is 0 Å². The molecule has 0 bridgehead atoms. The lowest BCUT2D eigenvalue weighted by Gasteiger charge is -2.01. The van der Waals surface area contributed by atoms with E-state index in [0.717, 1.165) is 20.7 Å². The van der Waals surface area contributed by atoms with Crippen molar-refractivity contribution in [3.63, 3.8) is 0 Å². The third kappa shape index (κ3) is 2.33. The van der Waals surface area contributed by atoms with E-state index in [-0.39, 0.29) is 5.97 Å². The van der Waals surface area contributed by atoms with Gasteiger partial charge in [0.25, 0.3) is 0 Å². The highest BCUT2D eigenvalue weighted by atomic mass is 32.1. The van der Waals surface area contributed by atoms with E-state index in [1.807, 2.05) is 24.3 Å². The van der Waals surface area contributed by atoms with Gasteiger partial charge in [-0.15, -0.1) is 11.3 Å². The number of hydrogen-bond acceptors (Lipinski definition) is 4. The fourth-order valence-electron chi connectivity index (χ4n) is 1.60. The summed E-state index contributed by atoms with van der Waals surface area (Å²) in [6, 6.07) is 7.84. The summed E-state index contributed by atoms with van der Waals surface area (Å²) in [7, 11) is 0. The molecule has 4 heteroatoms. The van der Waals surface area contributed by atoms with Gasteiger partial charge in [-0.3, -0.25) is 4.79 Å². The van der Waals surface area contributed by atoms with E-state index in [9.17, 15) is 4.79 Å². The molecule has 0 aliphatic carbocycles. The molecule has 0 fully saturated rings. The van der Waals surface area contributed by atoms with Crippen molar-refractivity contribution in [3.8, 4) is 0 Å². The number of carbonyl (C=O) groups is 1. The first-order valence-corrected chi connectivity index (χ1v) is 5.94. The second-order valence-corrected chi connectivity index (χ2v) is 4.62. The number of esters is 1. The number of carbonyl (C=O) groups excluding carboxylic acids is 1. The molecule has 1 heterocycles. The third-order valence-electron chi connectivity index (χ3n) is 2.25. The van der Waals surface area contributed by atoms with Crippen LogP contribution in [-0.2, 0) is 16.0 Å². The summed E-state index contributed by atoms with van der Waals surface area (Å²) in [5.74, 6) is -0.190. The fraction of sp³-hybridized carbons (Fsp3) is 0.250. The van der Waals surface area contributed by atoms with Crippen LogP contribution in [0.1, 0.15) is 12.5 Å². The second kappa shape index (κ2) is 4.53. The summed E-state index contributed by atoms with van der Waals surface area (Å²) in [5.41, 5.74) is 6.68. The first-order valence-electron chi connectivity index (χ1n) is 5.12. The van der Waals surface area contributed by atoms with E-state index in [2.05, 4.69) is 0 Å². The van der Waals surface area contributed by atoms with Gasteiger partial charge in [0.15, 0.2) is 0 Å². The number of thiophene rings is 1. The summed E-state index contributed by atoms with van der Waals surface area (Å²) in [6.45, 7) is 2.23. The van der Waals surface area contributed by atoms with Crippen LogP contribution >= 0.6 is 11.3 Å². The quantitative estimate of drug-likeness (QED) is 0.832. The highest BCUT2D eigenvalue weighted by Crippen LogP contribution is 2.28. The Morgan fingerprint density at radius 3 is 3.00 bits per heavy atom. The first kappa shape index (κ1) is 11.0. The number of rotatable bonds is 3. The maximum Gasteiger partial charge on any atom is 0.310 e. The molecule has 0 unspecified atom stereocenters. The van der Waals surface area contributed by atoms with Crippen LogP contribution in [0.15, 0.2) is 24.3 Å². The Balaban J connectivity index is 2.22. The molecule has 1 aromatic heterocycles. The highest BCUT2D eigenvalue weighted by molar-refractivity contribution is 7.22. The van der Waals surface area contributed by atoms with E-state index < -0.39 is 0 Å². The van der Waals surface area contributed by atoms with Crippen LogP contribution in [0, 0.1) is 0 Å². The van der Waals surface area contributed by atoms with Gasteiger partial charge in [-0.25, -0.2) is 0 Å². The van der Waals surface area contributed by atoms with Gasteiger partial charge in [0.05, 0.1) is 18.0 Å². The summed E-state index contributed by atoms with van der Waals surface area (Å²) in [5, 5.41) is 1.88.